The number of piperazine rings is 1. The van der Waals surface area contributed by atoms with E-state index in [0.29, 0.717) is 37.9 Å². The molecule has 2 aliphatic rings. The number of nitrogens with one attached hydrogen (secondary N) is 2. The Morgan fingerprint density at radius 1 is 0.935 bits per heavy atom. The highest BCUT2D eigenvalue weighted by atomic mass is 32.2. The number of sulfonamides is 1. The van der Waals surface area contributed by atoms with E-state index in [0.717, 1.165) is 72.8 Å². The summed E-state index contributed by atoms with van der Waals surface area (Å²) in [6.07, 6.45) is 0.818. The number of halogens is 5. The monoisotopic (exact) mass is 925 g/mol. The zero-order valence-electron chi connectivity index (χ0n) is 35.5. The van der Waals surface area contributed by atoms with Crippen molar-refractivity contribution in [2.75, 3.05) is 69.3 Å². The summed E-state index contributed by atoms with van der Waals surface area (Å²) < 4.78 is 123. The molecular formula is C44H56F5N5O5S3. The molecule has 0 saturated carbocycles. The van der Waals surface area contributed by atoms with Crippen LogP contribution < -0.4 is 14.9 Å². The molecule has 5 rings (SSSR count). The van der Waals surface area contributed by atoms with Gasteiger partial charge in [-0.1, -0.05) is 49.8 Å². The van der Waals surface area contributed by atoms with Gasteiger partial charge in [-0.05, 0) is 118 Å². The van der Waals surface area contributed by atoms with E-state index in [2.05, 4.69) is 35.5 Å². The van der Waals surface area contributed by atoms with Crippen LogP contribution in [0.25, 0.3) is 0 Å². The fourth-order valence-electron chi connectivity index (χ4n) is 7.49. The third-order valence-corrected chi connectivity index (χ3v) is 15.2. The van der Waals surface area contributed by atoms with E-state index in [4.69, 9.17) is 0 Å². The number of amides is 1. The number of sulfone groups is 1. The van der Waals surface area contributed by atoms with E-state index in [1.165, 1.54) is 29.5 Å². The van der Waals surface area contributed by atoms with Crippen LogP contribution in [0.1, 0.15) is 62.7 Å². The normalized spacial score (nSPS) is 17.0. The molecule has 1 amide bonds. The molecule has 1 aliphatic carbocycles. The number of hydrogen-bond donors (Lipinski definition) is 2. The van der Waals surface area contributed by atoms with Crippen LogP contribution in [0.4, 0.5) is 33.3 Å². The molecule has 1 fully saturated rings. The van der Waals surface area contributed by atoms with E-state index in [1.807, 2.05) is 54.0 Å². The maximum Gasteiger partial charge on any atom is 0.501 e. The molecule has 1 atom stereocenters. The molecule has 10 nitrogen and oxygen atoms in total. The third kappa shape index (κ3) is 13.3. The van der Waals surface area contributed by atoms with Gasteiger partial charge < -0.3 is 15.1 Å². The Morgan fingerprint density at radius 3 is 2.21 bits per heavy atom. The van der Waals surface area contributed by atoms with Crippen LogP contribution in [-0.4, -0.2) is 110 Å². The average Bonchev–Trinajstić information content (AvgIpc) is 3.21. The Balaban J connectivity index is 1.26. The summed E-state index contributed by atoms with van der Waals surface area (Å²) in [5, 5.41) is 2.92. The second kappa shape index (κ2) is 20.7. The summed E-state index contributed by atoms with van der Waals surface area (Å²) in [5.74, 6) is -0.696. The summed E-state index contributed by atoms with van der Waals surface area (Å²) in [7, 11) is -7.25. The molecular weight excluding hydrogens is 870 g/mol. The summed E-state index contributed by atoms with van der Waals surface area (Å²) in [6, 6.07) is 17.3. The number of nitrogens with zero attached hydrogens (tertiary/aromatic N) is 3. The summed E-state index contributed by atoms with van der Waals surface area (Å²) >= 11 is 1.43. The minimum Gasteiger partial charge on any atom is -0.380 e. The highest BCUT2D eigenvalue weighted by molar-refractivity contribution is 7.99. The third-order valence-electron chi connectivity index (χ3n) is 11.1. The fourth-order valence-corrected chi connectivity index (χ4v) is 10.5. The van der Waals surface area contributed by atoms with Gasteiger partial charge in [-0.3, -0.25) is 9.69 Å². The van der Waals surface area contributed by atoms with Gasteiger partial charge in [-0.15, -0.1) is 11.8 Å². The topological polar surface area (TPSA) is 119 Å². The summed E-state index contributed by atoms with van der Waals surface area (Å²) in [4.78, 5) is 18.4. The molecule has 0 aromatic heterocycles. The van der Waals surface area contributed by atoms with Gasteiger partial charge in [0.25, 0.3) is 25.8 Å². The van der Waals surface area contributed by atoms with Crippen LogP contribution in [0.3, 0.4) is 0 Å². The van der Waals surface area contributed by atoms with Gasteiger partial charge >= 0.3 is 5.51 Å². The molecule has 0 radical (unpaired) electrons. The molecule has 1 saturated heterocycles. The number of hydrogen-bond acceptors (Lipinski definition) is 10. The highest BCUT2D eigenvalue weighted by Crippen LogP contribution is 2.42. The number of alkyl halides is 5. The highest BCUT2D eigenvalue weighted by Gasteiger charge is 2.48. The number of allylic oxidation sites excluding steroid dienone is 2. The Morgan fingerprint density at radius 2 is 1.60 bits per heavy atom. The number of thioether (sulfide) groups is 1. The number of carbonyl (C=O) groups excluding carboxylic acids is 1. The Labute approximate surface area is 367 Å². The van der Waals surface area contributed by atoms with E-state index in [9.17, 15) is 43.6 Å². The van der Waals surface area contributed by atoms with Crippen molar-refractivity contribution in [1.82, 2.24) is 14.5 Å². The zero-order chi connectivity index (χ0) is 45.5. The second-order valence-corrected chi connectivity index (χ2v) is 21.6. The van der Waals surface area contributed by atoms with Crippen molar-refractivity contribution in [3.8, 4) is 0 Å². The van der Waals surface area contributed by atoms with Crippen molar-refractivity contribution >= 4 is 48.9 Å². The van der Waals surface area contributed by atoms with Gasteiger partial charge in [0.05, 0.1) is 10.6 Å². The number of carbonyl (C=O) groups is 1. The maximum absolute atomic E-state index is 14.0. The van der Waals surface area contributed by atoms with Crippen LogP contribution in [-0.2, 0) is 19.9 Å². The first-order chi connectivity index (χ1) is 29.0. The lowest BCUT2D eigenvalue weighted by atomic mass is 9.72. The van der Waals surface area contributed by atoms with Crippen molar-refractivity contribution in [1.29, 1.82) is 0 Å². The summed E-state index contributed by atoms with van der Waals surface area (Å²) in [5.41, 5.74) is -2.17. The first-order valence-corrected chi connectivity index (χ1v) is 24.4. The van der Waals surface area contributed by atoms with Crippen LogP contribution in [0.15, 0.2) is 111 Å². The molecule has 3 aromatic rings. The molecule has 1 heterocycles. The SMILES string of the molecule is C=C(CCC(F)F)C1=C(CN2CCN(c3ccc(C(=O)NS(=O)(=O)c4ccc(N[C@H](CCN(C)C)CSc5ccccc5)c(S(=O)(=O)C(F)(F)F)c4)cc3)CC2)CCC(C)(C)C1. The zero-order valence-corrected chi connectivity index (χ0v) is 37.9. The quantitative estimate of drug-likeness (QED) is 0.0892. The molecule has 18 heteroatoms. The van der Waals surface area contributed by atoms with Crippen LogP contribution >= 0.6 is 11.8 Å². The lowest BCUT2D eigenvalue weighted by Crippen LogP contribution is -2.47. The van der Waals surface area contributed by atoms with Crippen molar-refractivity contribution in [2.24, 2.45) is 5.41 Å². The lowest BCUT2D eigenvalue weighted by molar-refractivity contribution is -0.0435. The van der Waals surface area contributed by atoms with Crippen molar-refractivity contribution in [2.45, 2.75) is 85.0 Å². The van der Waals surface area contributed by atoms with Crippen LogP contribution in [0.5, 0.6) is 0 Å². The van der Waals surface area contributed by atoms with Gasteiger partial charge in [-0.25, -0.2) is 30.3 Å². The lowest BCUT2D eigenvalue weighted by Gasteiger charge is -2.39. The van der Waals surface area contributed by atoms with Gasteiger partial charge in [-0.2, -0.15) is 13.2 Å². The predicted octanol–water partition coefficient (Wildman–Crippen LogP) is 8.85. The standard InChI is InChI=1S/C44H56F5N5O5S3/c1-31(11-18-41(45)46)38-28-43(2,3)21-19-33(38)29-53-23-25-54(26-24-53)35-14-12-32(13-15-35)42(55)51-62(58,59)37-16-17-39(40(27-37)61(56,57)44(47,48)49)50-34(20-22-52(4)5)30-60-36-9-7-6-8-10-36/h6-10,12-17,27,34,41,50H,1,11,18-26,28-30H2,2-5H3,(H,51,55)/t34-/m1/s1. The molecule has 1 aliphatic heterocycles. The van der Waals surface area contributed by atoms with E-state index < -0.39 is 59.2 Å². The minimum atomic E-state index is -6.05. The van der Waals surface area contributed by atoms with Crippen molar-refractivity contribution in [3.63, 3.8) is 0 Å². The Bertz CT molecular complexity index is 2280. The van der Waals surface area contributed by atoms with Gasteiger partial charge in [0.2, 0.25) is 6.43 Å². The molecule has 2 N–H and O–H groups in total. The number of rotatable bonds is 19. The number of anilines is 2. The fraction of sp³-hybridized carbons (Fsp3) is 0.477. The predicted molar refractivity (Wildman–Crippen MR) is 236 cm³/mol. The van der Waals surface area contributed by atoms with E-state index >= 15 is 0 Å². The molecule has 62 heavy (non-hydrogen) atoms. The molecule has 340 valence electrons. The van der Waals surface area contributed by atoms with Crippen LogP contribution in [0.2, 0.25) is 0 Å². The van der Waals surface area contributed by atoms with Crippen molar-refractivity contribution < 1.29 is 43.6 Å². The van der Waals surface area contributed by atoms with E-state index in [-0.39, 0.29) is 23.8 Å². The molecule has 0 unspecified atom stereocenters. The maximum atomic E-state index is 14.0. The average molecular weight is 926 g/mol. The number of benzene rings is 3. The van der Waals surface area contributed by atoms with Gasteiger partial charge in [0.1, 0.15) is 4.90 Å². The molecule has 3 aromatic carbocycles. The Hall–Kier alpha value is -3.97. The van der Waals surface area contributed by atoms with Gasteiger partial charge in [0.15, 0.2) is 0 Å². The van der Waals surface area contributed by atoms with Gasteiger partial charge in [0, 0.05) is 67.1 Å². The van der Waals surface area contributed by atoms with Crippen molar-refractivity contribution in [3.05, 3.63) is 102 Å². The van der Waals surface area contributed by atoms with E-state index in [1.54, 1.807) is 12.1 Å². The Kier molecular flexibility index (Phi) is 16.4. The molecule has 0 bridgehead atoms. The van der Waals surface area contributed by atoms with Crippen LogP contribution in [0, 0.1) is 5.41 Å². The minimum absolute atomic E-state index is 0.0382. The first kappa shape index (κ1) is 49.1. The second-order valence-electron chi connectivity index (χ2n) is 16.9. The molecule has 0 spiro atoms. The summed E-state index contributed by atoms with van der Waals surface area (Å²) in [6.45, 7) is 12.6. The smallest absolute Gasteiger partial charge is 0.380 e. The largest absolute Gasteiger partial charge is 0.501 e. The first-order valence-electron chi connectivity index (χ1n) is 20.4.